The zero-order valence-corrected chi connectivity index (χ0v) is 14.1. The number of nitrogens with zero attached hydrogens (tertiary/aromatic N) is 3. The number of likely N-dealkylation sites (tertiary alicyclic amines) is 1. The molecule has 0 amide bonds. The molecule has 0 saturated carbocycles. The van der Waals surface area contributed by atoms with Crippen LogP contribution in [0.3, 0.4) is 0 Å². The van der Waals surface area contributed by atoms with Crippen molar-refractivity contribution < 1.29 is 0 Å². The van der Waals surface area contributed by atoms with E-state index in [1.165, 1.54) is 25.9 Å². The molecule has 4 heteroatoms. The molecule has 2 unspecified atom stereocenters. The molecule has 0 spiro atoms. The highest BCUT2D eigenvalue weighted by molar-refractivity contribution is 5.06. The van der Waals surface area contributed by atoms with Crippen LogP contribution in [0.25, 0.3) is 0 Å². The first-order valence-corrected chi connectivity index (χ1v) is 7.87. The molecule has 0 aromatic rings. The molecule has 1 heterocycles. The van der Waals surface area contributed by atoms with Gasteiger partial charge in [-0.05, 0) is 74.1 Å². The van der Waals surface area contributed by atoms with Crippen LogP contribution in [0.5, 0.6) is 0 Å². The minimum atomic E-state index is -0.437. The van der Waals surface area contributed by atoms with Crippen molar-refractivity contribution in [1.29, 1.82) is 5.26 Å². The summed E-state index contributed by atoms with van der Waals surface area (Å²) in [4.78, 5) is 4.87. The molecule has 0 aliphatic carbocycles. The van der Waals surface area contributed by atoms with E-state index in [0.29, 0.717) is 18.1 Å². The predicted molar refractivity (Wildman–Crippen MR) is 84.7 cm³/mol. The molecular weight excluding hydrogens is 248 g/mol. The van der Waals surface area contributed by atoms with Crippen LogP contribution >= 0.6 is 0 Å². The molecule has 0 bridgehead atoms. The smallest absolute Gasteiger partial charge is 0.105 e. The molecule has 1 saturated heterocycles. The van der Waals surface area contributed by atoms with E-state index in [4.69, 9.17) is 0 Å². The molecule has 116 valence electrons. The van der Waals surface area contributed by atoms with Gasteiger partial charge in [0.25, 0.3) is 0 Å². The third kappa shape index (κ3) is 5.05. The number of hydrogen-bond donors (Lipinski definition) is 1. The van der Waals surface area contributed by atoms with Gasteiger partial charge >= 0.3 is 0 Å². The maximum atomic E-state index is 9.47. The predicted octanol–water partition coefficient (Wildman–Crippen LogP) is 2.07. The number of nitriles is 1. The topological polar surface area (TPSA) is 42.3 Å². The van der Waals surface area contributed by atoms with Crippen molar-refractivity contribution in [2.45, 2.75) is 70.6 Å². The summed E-state index contributed by atoms with van der Waals surface area (Å²) in [5.74, 6) is 0. The van der Waals surface area contributed by atoms with Crippen molar-refractivity contribution >= 4 is 0 Å². The Kier molecular flexibility index (Phi) is 6.44. The molecule has 0 radical (unpaired) electrons. The summed E-state index contributed by atoms with van der Waals surface area (Å²) in [6.07, 6.45) is 3.33. The first-order chi connectivity index (χ1) is 9.27. The Labute approximate surface area is 125 Å². The Hall–Kier alpha value is -0.630. The van der Waals surface area contributed by atoms with E-state index in [1.54, 1.807) is 0 Å². The standard InChI is InChI=1S/C16H32N4/c1-13(2)18-16(4,12-17)11-14(3)20(6)15-7-9-19(5)10-8-15/h13-15,18H,7-11H2,1-6H3. The Bertz CT molecular complexity index is 328. The maximum absolute atomic E-state index is 9.47. The molecule has 1 aliphatic rings. The van der Waals surface area contributed by atoms with Crippen molar-refractivity contribution in [3.8, 4) is 6.07 Å². The fourth-order valence-electron chi connectivity index (χ4n) is 3.27. The lowest BCUT2D eigenvalue weighted by atomic mass is 9.92. The molecule has 0 aromatic heterocycles. The molecule has 1 rings (SSSR count). The summed E-state index contributed by atoms with van der Waals surface area (Å²) in [5, 5.41) is 12.9. The van der Waals surface area contributed by atoms with Crippen LogP contribution in [0.4, 0.5) is 0 Å². The molecule has 1 N–H and O–H groups in total. The van der Waals surface area contributed by atoms with E-state index in [1.807, 2.05) is 6.92 Å². The van der Waals surface area contributed by atoms with Gasteiger partial charge < -0.3 is 9.80 Å². The van der Waals surface area contributed by atoms with Gasteiger partial charge in [-0.25, -0.2) is 0 Å². The molecule has 20 heavy (non-hydrogen) atoms. The summed E-state index contributed by atoms with van der Waals surface area (Å²) in [6.45, 7) is 10.8. The third-order valence-corrected chi connectivity index (χ3v) is 4.52. The third-order valence-electron chi connectivity index (χ3n) is 4.52. The monoisotopic (exact) mass is 280 g/mol. The van der Waals surface area contributed by atoms with Crippen LogP contribution in [-0.4, -0.2) is 60.6 Å². The second-order valence-corrected chi connectivity index (χ2v) is 7.00. The quantitative estimate of drug-likeness (QED) is 0.809. The van der Waals surface area contributed by atoms with Gasteiger partial charge in [0.05, 0.1) is 6.07 Å². The molecule has 0 aromatic carbocycles. The summed E-state index contributed by atoms with van der Waals surface area (Å²) < 4.78 is 0. The second kappa shape index (κ2) is 7.40. The largest absolute Gasteiger partial charge is 0.306 e. The van der Waals surface area contributed by atoms with Crippen LogP contribution in [-0.2, 0) is 0 Å². The van der Waals surface area contributed by atoms with Crippen molar-refractivity contribution in [2.75, 3.05) is 27.2 Å². The van der Waals surface area contributed by atoms with Gasteiger partial charge in [0.15, 0.2) is 0 Å². The highest BCUT2D eigenvalue weighted by Crippen LogP contribution is 2.21. The molecule has 4 nitrogen and oxygen atoms in total. The Morgan fingerprint density at radius 1 is 1.35 bits per heavy atom. The van der Waals surface area contributed by atoms with Crippen LogP contribution < -0.4 is 5.32 Å². The summed E-state index contributed by atoms with van der Waals surface area (Å²) >= 11 is 0. The highest BCUT2D eigenvalue weighted by Gasteiger charge is 2.31. The lowest BCUT2D eigenvalue weighted by molar-refractivity contribution is 0.0997. The van der Waals surface area contributed by atoms with Crippen LogP contribution in [0.2, 0.25) is 0 Å². The van der Waals surface area contributed by atoms with Crippen molar-refractivity contribution in [2.24, 2.45) is 0 Å². The van der Waals surface area contributed by atoms with Gasteiger partial charge in [-0.2, -0.15) is 5.26 Å². The average molecular weight is 280 g/mol. The minimum absolute atomic E-state index is 0.334. The molecular formula is C16H32N4. The van der Waals surface area contributed by atoms with Crippen molar-refractivity contribution in [3.63, 3.8) is 0 Å². The van der Waals surface area contributed by atoms with E-state index in [2.05, 4.69) is 56.1 Å². The van der Waals surface area contributed by atoms with E-state index in [0.717, 1.165) is 6.42 Å². The number of nitrogens with one attached hydrogen (secondary N) is 1. The maximum Gasteiger partial charge on any atom is 0.105 e. The van der Waals surface area contributed by atoms with Gasteiger partial charge in [-0.15, -0.1) is 0 Å². The van der Waals surface area contributed by atoms with Gasteiger partial charge in [-0.1, -0.05) is 0 Å². The lowest BCUT2D eigenvalue weighted by Gasteiger charge is -2.40. The van der Waals surface area contributed by atoms with Gasteiger partial charge in [0.2, 0.25) is 0 Å². The van der Waals surface area contributed by atoms with Crippen LogP contribution in [0.1, 0.15) is 47.0 Å². The number of rotatable bonds is 6. The summed E-state index contributed by atoms with van der Waals surface area (Å²) in [6, 6.07) is 3.87. The fourth-order valence-corrected chi connectivity index (χ4v) is 3.27. The van der Waals surface area contributed by atoms with E-state index in [-0.39, 0.29) is 0 Å². The second-order valence-electron chi connectivity index (χ2n) is 7.00. The summed E-state index contributed by atoms with van der Waals surface area (Å²) in [5.41, 5.74) is -0.437. The van der Waals surface area contributed by atoms with Crippen LogP contribution in [0, 0.1) is 11.3 Å². The minimum Gasteiger partial charge on any atom is -0.306 e. The average Bonchev–Trinajstić information content (AvgIpc) is 2.37. The van der Waals surface area contributed by atoms with Gasteiger partial charge in [0, 0.05) is 18.1 Å². The fraction of sp³-hybridized carbons (Fsp3) is 0.938. The van der Waals surface area contributed by atoms with E-state index in [9.17, 15) is 5.26 Å². The first-order valence-electron chi connectivity index (χ1n) is 7.87. The number of piperidine rings is 1. The molecule has 2 atom stereocenters. The van der Waals surface area contributed by atoms with Gasteiger partial charge in [-0.3, -0.25) is 5.32 Å². The Morgan fingerprint density at radius 2 is 1.90 bits per heavy atom. The molecule has 1 aliphatic heterocycles. The molecule has 1 fully saturated rings. The van der Waals surface area contributed by atoms with E-state index < -0.39 is 5.54 Å². The van der Waals surface area contributed by atoms with Crippen molar-refractivity contribution in [1.82, 2.24) is 15.1 Å². The summed E-state index contributed by atoms with van der Waals surface area (Å²) in [7, 11) is 4.41. The highest BCUT2D eigenvalue weighted by atomic mass is 15.2. The normalized spacial score (nSPS) is 22.8. The zero-order chi connectivity index (χ0) is 15.3. The Balaban J connectivity index is 2.56. The Morgan fingerprint density at radius 3 is 2.35 bits per heavy atom. The SMILES string of the molecule is CC(C)NC(C)(C#N)CC(C)N(C)C1CCN(C)CC1. The zero-order valence-electron chi connectivity index (χ0n) is 14.1. The van der Waals surface area contributed by atoms with Crippen LogP contribution in [0.15, 0.2) is 0 Å². The first kappa shape index (κ1) is 17.4. The van der Waals surface area contributed by atoms with E-state index >= 15 is 0 Å². The van der Waals surface area contributed by atoms with Gasteiger partial charge in [0.1, 0.15) is 5.54 Å². The lowest BCUT2D eigenvalue weighted by Crippen LogP contribution is -2.52. The number of hydrogen-bond acceptors (Lipinski definition) is 4. The van der Waals surface area contributed by atoms with Crippen molar-refractivity contribution in [3.05, 3.63) is 0 Å².